The van der Waals surface area contributed by atoms with Gasteiger partial charge < -0.3 is 25.6 Å². The Bertz CT molecular complexity index is 556. The van der Waals surface area contributed by atoms with Crippen molar-refractivity contribution in [2.24, 2.45) is 16.8 Å². The van der Waals surface area contributed by atoms with Crippen molar-refractivity contribution in [3.63, 3.8) is 0 Å². The van der Waals surface area contributed by atoms with Crippen LogP contribution in [0, 0.1) is 11.8 Å². The molecule has 0 aromatic heterocycles. The van der Waals surface area contributed by atoms with Crippen molar-refractivity contribution in [1.82, 2.24) is 20.9 Å². The van der Waals surface area contributed by atoms with Crippen molar-refractivity contribution >= 4 is 18.0 Å². The maximum absolute atomic E-state index is 11.9. The average Bonchev–Trinajstić information content (AvgIpc) is 3.16. The van der Waals surface area contributed by atoms with Gasteiger partial charge in [-0.1, -0.05) is 6.42 Å². The second kappa shape index (κ2) is 9.28. The van der Waals surface area contributed by atoms with Crippen molar-refractivity contribution in [2.75, 3.05) is 33.7 Å². The van der Waals surface area contributed by atoms with Crippen molar-refractivity contribution in [3.8, 4) is 0 Å². The quantitative estimate of drug-likeness (QED) is 0.366. The molecule has 2 rings (SSSR count). The van der Waals surface area contributed by atoms with Crippen LogP contribution in [-0.2, 0) is 9.53 Å². The van der Waals surface area contributed by atoms with Gasteiger partial charge in [-0.05, 0) is 51.9 Å². The number of nitrogens with one attached hydrogen (secondary N) is 3. The van der Waals surface area contributed by atoms with Crippen LogP contribution >= 0.6 is 0 Å². The minimum Gasteiger partial charge on any atom is -0.444 e. The zero-order valence-corrected chi connectivity index (χ0v) is 17.3. The van der Waals surface area contributed by atoms with Crippen LogP contribution in [0.4, 0.5) is 4.79 Å². The van der Waals surface area contributed by atoms with Gasteiger partial charge in [-0.25, -0.2) is 9.79 Å². The molecule has 3 atom stereocenters. The Hall–Kier alpha value is -1.99. The van der Waals surface area contributed by atoms with E-state index in [1.54, 1.807) is 14.1 Å². The molecular weight excluding hydrogens is 346 g/mol. The van der Waals surface area contributed by atoms with Gasteiger partial charge in [0.15, 0.2) is 5.96 Å². The highest BCUT2D eigenvalue weighted by Gasteiger charge is 2.39. The molecule has 0 radical (unpaired) electrons. The number of carbonyl (C=O) groups is 2. The van der Waals surface area contributed by atoms with Gasteiger partial charge in [0.1, 0.15) is 12.1 Å². The fourth-order valence-corrected chi connectivity index (χ4v) is 3.70. The maximum atomic E-state index is 11.9. The number of amides is 2. The molecule has 0 spiro atoms. The van der Waals surface area contributed by atoms with Crippen LogP contribution in [0.25, 0.3) is 0 Å². The maximum Gasteiger partial charge on any atom is 0.407 e. The molecule has 0 saturated heterocycles. The molecule has 2 saturated carbocycles. The highest BCUT2D eigenvalue weighted by molar-refractivity contribution is 5.85. The molecule has 8 nitrogen and oxygen atoms in total. The van der Waals surface area contributed by atoms with E-state index in [-0.39, 0.29) is 12.5 Å². The SMILES string of the molecule is CN(C)C(=O)CN=C(NCCNC(=O)OC(C)(C)C)NC1CC2CCC1C2. The summed E-state index contributed by atoms with van der Waals surface area (Å²) in [6, 6.07) is 0.420. The molecule has 2 bridgehead atoms. The monoisotopic (exact) mass is 381 g/mol. The summed E-state index contributed by atoms with van der Waals surface area (Å²) in [5.41, 5.74) is -0.514. The van der Waals surface area contributed by atoms with Gasteiger partial charge in [-0.2, -0.15) is 0 Å². The number of fused-ring (bicyclic) bond motifs is 2. The van der Waals surface area contributed by atoms with Crippen LogP contribution in [0.5, 0.6) is 0 Å². The van der Waals surface area contributed by atoms with E-state index in [4.69, 9.17) is 4.74 Å². The zero-order chi connectivity index (χ0) is 20.0. The Morgan fingerprint density at radius 2 is 1.81 bits per heavy atom. The number of hydrogen-bond acceptors (Lipinski definition) is 4. The third-order valence-corrected chi connectivity index (χ3v) is 5.02. The lowest BCUT2D eigenvalue weighted by atomic mass is 9.95. The molecule has 154 valence electrons. The van der Waals surface area contributed by atoms with E-state index in [1.165, 1.54) is 30.6 Å². The van der Waals surface area contributed by atoms with Gasteiger partial charge in [-0.15, -0.1) is 0 Å². The Morgan fingerprint density at radius 1 is 1.11 bits per heavy atom. The number of hydrogen-bond donors (Lipinski definition) is 3. The van der Waals surface area contributed by atoms with Crippen molar-refractivity contribution < 1.29 is 14.3 Å². The van der Waals surface area contributed by atoms with Crippen LogP contribution in [0.15, 0.2) is 4.99 Å². The van der Waals surface area contributed by atoms with Crippen molar-refractivity contribution in [1.29, 1.82) is 0 Å². The second-order valence-electron chi connectivity index (χ2n) is 8.73. The predicted octanol–water partition coefficient (Wildman–Crippen LogP) is 1.32. The van der Waals surface area contributed by atoms with E-state index >= 15 is 0 Å². The molecule has 2 aliphatic carbocycles. The number of rotatable bonds is 6. The lowest BCUT2D eigenvalue weighted by Gasteiger charge is -2.25. The van der Waals surface area contributed by atoms with Gasteiger partial charge in [0, 0.05) is 33.2 Å². The Balaban J connectivity index is 1.81. The first-order valence-corrected chi connectivity index (χ1v) is 9.86. The largest absolute Gasteiger partial charge is 0.444 e. The number of ether oxygens (including phenoxy) is 1. The predicted molar refractivity (Wildman–Crippen MR) is 106 cm³/mol. The molecule has 3 unspecified atom stereocenters. The summed E-state index contributed by atoms with van der Waals surface area (Å²) in [5.74, 6) is 2.11. The summed E-state index contributed by atoms with van der Waals surface area (Å²) >= 11 is 0. The molecule has 27 heavy (non-hydrogen) atoms. The highest BCUT2D eigenvalue weighted by Crippen LogP contribution is 2.44. The summed E-state index contributed by atoms with van der Waals surface area (Å²) in [7, 11) is 3.44. The van der Waals surface area contributed by atoms with Gasteiger partial charge in [0.2, 0.25) is 5.91 Å². The van der Waals surface area contributed by atoms with Gasteiger partial charge in [0.25, 0.3) is 0 Å². The molecule has 2 fully saturated rings. The van der Waals surface area contributed by atoms with Gasteiger partial charge in [-0.3, -0.25) is 4.79 Å². The standard InChI is InChI=1S/C19H35N5O3/c1-19(2,3)27-18(26)21-9-8-20-17(22-12-16(25)24(4)5)23-15-11-13-6-7-14(15)10-13/h13-15H,6-12H2,1-5H3,(H,21,26)(H2,20,22,23). The van der Waals surface area contributed by atoms with Crippen molar-refractivity contribution in [2.45, 2.75) is 58.1 Å². The molecule has 2 amide bonds. The minimum atomic E-state index is -0.514. The second-order valence-corrected chi connectivity index (χ2v) is 8.73. The number of alkyl carbamates (subject to hydrolysis) is 1. The molecule has 8 heteroatoms. The molecule has 0 aromatic carbocycles. The van der Waals surface area contributed by atoms with E-state index < -0.39 is 11.7 Å². The average molecular weight is 382 g/mol. The first-order chi connectivity index (χ1) is 12.6. The smallest absolute Gasteiger partial charge is 0.407 e. The van der Waals surface area contributed by atoms with Gasteiger partial charge in [0.05, 0.1) is 0 Å². The fraction of sp³-hybridized carbons (Fsp3) is 0.842. The summed E-state index contributed by atoms with van der Waals surface area (Å²) in [4.78, 5) is 29.5. The Labute approximate surface area is 162 Å². The third-order valence-electron chi connectivity index (χ3n) is 5.02. The summed E-state index contributed by atoms with van der Waals surface area (Å²) in [6.45, 7) is 6.50. The first-order valence-electron chi connectivity index (χ1n) is 9.86. The van der Waals surface area contributed by atoms with E-state index in [2.05, 4.69) is 20.9 Å². The Kier molecular flexibility index (Phi) is 7.33. The number of aliphatic imine (C=N–C) groups is 1. The highest BCUT2D eigenvalue weighted by atomic mass is 16.6. The molecule has 3 N–H and O–H groups in total. The van der Waals surface area contributed by atoms with Crippen LogP contribution in [-0.4, -0.2) is 68.2 Å². The first kappa shape index (κ1) is 21.3. The molecule has 0 heterocycles. The van der Waals surface area contributed by atoms with Crippen LogP contribution in [0.2, 0.25) is 0 Å². The third kappa shape index (κ3) is 7.27. The van der Waals surface area contributed by atoms with E-state index in [0.717, 1.165) is 5.92 Å². The fourth-order valence-electron chi connectivity index (χ4n) is 3.70. The summed E-state index contributed by atoms with van der Waals surface area (Å²) < 4.78 is 5.22. The number of carbonyl (C=O) groups excluding carboxylic acids is 2. The topological polar surface area (TPSA) is 95.1 Å². The molecule has 2 aliphatic rings. The minimum absolute atomic E-state index is 0.0454. The van der Waals surface area contributed by atoms with E-state index in [9.17, 15) is 9.59 Å². The van der Waals surface area contributed by atoms with Crippen molar-refractivity contribution in [3.05, 3.63) is 0 Å². The number of likely N-dealkylation sites (N-methyl/N-ethyl adjacent to an activating group) is 1. The van der Waals surface area contributed by atoms with E-state index in [1.807, 2.05) is 20.8 Å². The Morgan fingerprint density at radius 3 is 2.37 bits per heavy atom. The van der Waals surface area contributed by atoms with E-state index in [0.29, 0.717) is 31.0 Å². The molecule has 0 aliphatic heterocycles. The lowest BCUT2D eigenvalue weighted by molar-refractivity contribution is -0.127. The van der Waals surface area contributed by atoms with Crippen LogP contribution < -0.4 is 16.0 Å². The zero-order valence-electron chi connectivity index (χ0n) is 17.3. The number of nitrogens with zero attached hydrogens (tertiary/aromatic N) is 2. The summed E-state index contributed by atoms with van der Waals surface area (Å²) in [5, 5.41) is 9.43. The lowest BCUT2D eigenvalue weighted by Crippen LogP contribution is -2.48. The molecule has 0 aromatic rings. The van der Waals surface area contributed by atoms with Crippen LogP contribution in [0.3, 0.4) is 0 Å². The van der Waals surface area contributed by atoms with Gasteiger partial charge >= 0.3 is 6.09 Å². The normalized spacial score (nSPS) is 24.5. The number of guanidine groups is 1. The molecular formula is C19H35N5O3. The van der Waals surface area contributed by atoms with Crippen LogP contribution in [0.1, 0.15) is 46.5 Å². The summed E-state index contributed by atoms with van der Waals surface area (Å²) in [6.07, 6.45) is 4.63.